The van der Waals surface area contributed by atoms with Gasteiger partial charge in [-0.3, -0.25) is 5.21 Å². The van der Waals surface area contributed by atoms with Crippen molar-refractivity contribution in [3.63, 3.8) is 0 Å². The van der Waals surface area contributed by atoms with E-state index in [1.807, 2.05) is 0 Å². The molecule has 0 aliphatic carbocycles. The summed E-state index contributed by atoms with van der Waals surface area (Å²) in [6.07, 6.45) is 0. The van der Waals surface area contributed by atoms with Crippen LogP contribution in [0.1, 0.15) is 0 Å². The Balaban J connectivity index is 3.03. The van der Waals surface area contributed by atoms with Crippen molar-refractivity contribution in [2.75, 3.05) is 0 Å². The van der Waals surface area contributed by atoms with Crippen LogP contribution in [-0.4, -0.2) is 11.2 Å². The molecule has 6 heteroatoms. The van der Waals surface area contributed by atoms with Crippen molar-refractivity contribution < 1.29 is 5.21 Å². The Bertz CT molecular complexity index is 343. The van der Waals surface area contributed by atoms with Crippen molar-refractivity contribution >= 4 is 39.2 Å². The molecular formula is C7H7BrClN3O. The Morgan fingerprint density at radius 3 is 2.85 bits per heavy atom. The molecule has 0 atom stereocenters. The summed E-state index contributed by atoms with van der Waals surface area (Å²) in [5.41, 5.74) is 7.43. The minimum Gasteiger partial charge on any atom is -0.368 e. The summed E-state index contributed by atoms with van der Waals surface area (Å²) in [5, 5.41) is 8.83. The summed E-state index contributed by atoms with van der Waals surface area (Å²) in [4.78, 5) is 3.80. The molecule has 4 N–H and O–H groups in total. The Hall–Kier alpha value is -0.780. The lowest BCUT2D eigenvalue weighted by atomic mass is 10.3. The fourth-order valence-corrected chi connectivity index (χ4v) is 1.44. The number of hydroxylamine groups is 1. The van der Waals surface area contributed by atoms with Gasteiger partial charge in [0.05, 0.1) is 10.7 Å². The van der Waals surface area contributed by atoms with Gasteiger partial charge in [-0.05, 0) is 18.2 Å². The summed E-state index contributed by atoms with van der Waals surface area (Å²) in [7, 11) is 0. The molecule has 0 radical (unpaired) electrons. The zero-order valence-electron chi connectivity index (χ0n) is 6.46. The standard InChI is InChI=1S/C7H7BrClN3O/c8-4-1-2-6(5(9)3-4)11-7(10)12-13/h1-3,13H,(H3,10,11,12). The third kappa shape index (κ3) is 2.87. The second-order valence-corrected chi connectivity index (χ2v) is 3.53. The number of halogens is 2. The van der Waals surface area contributed by atoms with Crippen LogP contribution in [-0.2, 0) is 0 Å². The number of benzene rings is 1. The highest BCUT2D eigenvalue weighted by molar-refractivity contribution is 9.10. The summed E-state index contributed by atoms with van der Waals surface area (Å²) in [5.74, 6) is -0.107. The van der Waals surface area contributed by atoms with Crippen LogP contribution in [0.2, 0.25) is 5.02 Å². The molecule has 0 bridgehead atoms. The van der Waals surface area contributed by atoms with E-state index in [9.17, 15) is 0 Å². The Kier molecular flexibility index (Phi) is 3.53. The van der Waals surface area contributed by atoms with E-state index in [1.54, 1.807) is 23.7 Å². The van der Waals surface area contributed by atoms with Crippen LogP contribution in [0.4, 0.5) is 5.69 Å². The Labute approximate surface area is 88.5 Å². The van der Waals surface area contributed by atoms with E-state index in [-0.39, 0.29) is 5.96 Å². The molecular weight excluding hydrogens is 257 g/mol. The summed E-state index contributed by atoms with van der Waals surface area (Å²) >= 11 is 9.08. The number of guanidine groups is 1. The maximum atomic E-state index is 8.38. The number of nitrogens with two attached hydrogens (primary N) is 1. The SMILES string of the molecule is NC(=Nc1ccc(Br)cc1Cl)NO. The van der Waals surface area contributed by atoms with Crippen LogP contribution in [0.15, 0.2) is 27.7 Å². The van der Waals surface area contributed by atoms with E-state index < -0.39 is 0 Å². The number of hydrogen-bond acceptors (Lipinski definition) is 2. The van der Waals surface area contributed by atoms with Crippen LogP contribution >= 0.6 is 27.5 Å². The molecule has 0 heterocycles. The third-order valence-electron chi connectivity index (χ3n) is 1.27. The van der Waals surface area contributed by atoms with Gasteiger partial charge in [0.25, 0.3) is 0 Å². The maximum absolute atomic E-state index is 8.38. The van der Waals surface area contributed by atoms with E-state index in [1.165, 1.54) is 0 Å². The number of nitrogens with one attached hydrogen (secondary N) is 1. The molecule has 0 amide bonds. The van der Waals surface area contributed by atoms with Crippen LogP contribution in [0.25, 0.3) is 0 Å². The summed E-state index contributed by atoms with van der Waals surface area (Å²) in [6, 6.07) is 5.14. The van der Waals surface area contributed by atoms with E-state index in [4.69, 9.17) is 22.5 Å². The predicted molar refractivity (Wildman–Crippen MR) is 55.4 cm³/mol. The minimum absolute atomic E-state index is 0.107. The van der Waals surface area contributed by atoms with Gasteiger partial charge in [0.2, 0.25) is 5.96 Å². The smallest absolute Gasteiger partial charge is 0.218 e. The van der Waals surface area contributed by atoms with Gasteiger partial charge in [0.15, 0.2) is 0 Å². The molecule has 0 saturated heterocycles. The van der Waals surface area contributed by atoms with Crippen molar-refractivity contribution in [2.45, 2.75) is 0 Å². The van der Waals surface area contributed by atoms with Crippen LogP contribution in [0, 0.1) is 0 Å². The molecule has 0 fully saturated rings. The van der Waals surface area contributed by atoms with E-state index in [0.717, 1.165) is 4.47 Å². The first-order valence-electron chi connectivity index (χ1n) is 3.33. The molecule has 70 valence electrons. The predicted octanol–water partition coefficient (Wildman–Crippen LogP) is 2.03. The number of hydrogen-bond donors (Lipinski definition) is 3. The lowest BCUT2D eigenvalue weighted by Crippen LogP contribution is -2.27. The molecule has 13 heavy (non-hydrogen) atoms. The molecule has 0 saturated carbocycles. The van der Waals surface area contributed by atoms with Crippen LogP contribution in [0.5, 0.6) is 0 Å². The molecule has 0 spiro atoms. The highest BCUT2D eigenvalue weighted by Crippen LogP contribution is 2.27. The normalized spacial score (nSPS) is 11.5. The molecule has 1 aromatic carbocycles. The average molecular weight is 265 g/mol. The highest BCUT2D eigenvalue weighted by Gasteiger charge is 1.99. The van der Waals surface area contributed by atoms with Gasteiger partial charge in [-0.2, -0.15) is 0 Å². The zero-order valence-corrected chi connectivity index (χ0v) is 8.80. The monoisotopic (exact) mass is 263 g/mol. The van der Waals surface area contributed by atoms with Gasteiger partial charge < -0.3 is 5.73 Å². The lowest BCUT2D eigenvalue weighted by molar-refractivity contribution is 0.233. The van der Waals surface area contributed by atoms with Crippen LogP contribution in [0.3, 0.4) is 0 Å². The second-order valence-electron chi connectivity index (χ2n) is 2.20. The molecule has 0 unspecified atom stereocenters. The molecule has 1 aromatic rings. The fourth-order valence-electron chi connectivity index (χ4n) is 0.727. The third-order valence-corrected chi connectivity index (χ3v) is 2.06. The van der Waals surface area contributed by atoms with E-state index in [0.29, 0.717) is 10.7 Å². The molecule has 1 rings (SSSR count). The van der Waals surface area contributed by atoms with Crippen molar-refractivity contribution in [1.82, 2.24) is 5.48 Å². The van der Waals surface area contributed by atoms with Gasteiger partial charge in [-0.15, -0.1) is 0 Å². The first kappa shape index (κ1) is 10.3. The van der Waals surface area contributed by atoms with Crippen molar-refractivity contribution in [3.8, 4) is 0 Å². The van der Waals surface area contributed by atoms with E-state index >= 15 is 0 Å². The summed E-state index contributed by atoms with van der Waals surface area (Å²) < 4.78 is 0.854. The first-order chi connectivity index (χ1) is 6.13. The second kappa shape index (κ2) is 4.45. The molecule has 0 aliphatic heterocycles. The van der Waals surface area contributed by atoms with E-state index in [2.05, 4.69) is 20.9 Å². The number of rotatable bonds is 1. The van der Waals surface area contributed by atoms with Gasteiger partial charge in [-0.25, -0.2) is 10.5 Å². The number of nitrogens with zero attached hydrogens (tertiary/aromatic N) is 1. The quantitative estimate of drug-likeness (QED) is 0.413. The maximum Gasteiger partial charge on any atom is 0.218 e. The fraction of sp³-hybridized carbons (Fsp3) is 0. The van der Waals surface area contributed by atoms with Crippen LogP contribution < -0.4 is 11.2 Å². The van der Waals surface area contributed by atoms with Gasteiger partial charge in [-0.1, -0.05) is 27.5 Å². The average Bonchev–Trinajstić information content (AvgIpc) is 2.09. The number of aliphatic imine (C=N–C) groups is 1. The topological polar surface area (TPSA) is 70.6 Å². The van der Waals surface area contributed by atoms with Gasteiger partial charge in [0.1, 0.15) is 0 Å². The Morgan fingerprint density at radius 2 is 2.31 bits per heavy atom. The lowest BCUT2D eigenvalue weighted by Gasteiger charge is -2.00. The molecule has 4 nitrogen and oxygen atoms in total. The van der Waals surface area contributed by atoms with Gasteiger partial charge in [0, 0.05) is 4.47 Å². The minimum atomic E-state index is -0.107. The van der Waals surface area contributed by atoms with Gasteiger partial charge >= 0.3 is 0 Å². The Morgan fingerprint density at radius 1 is 1.62 bits per heavy atom. The van der Waals surface area contributed by atoms with Crippen molar-refractivity contribution in [3.05, 3.63) is 27.7 Å². The first-order valence-corrected chi connectivity index (χ1v) is 4.50. The van der Waals surface area contributed by atoms with Crippen molar-refractivity contribution in [1.29, 1.82) is 0 Å². The largest absolute Gasteiger partial charge is 0.368 e. The molecule has 0 aliphatic rings. The molecule has 0 aromatic heterocycles. The zero-order chi connectivity index (χ0) is 9.84. The van der Waals surface area contributed by atoms with Crippen molar-refractivity contribution in [2.24, 2.45) is 10.7 Å². The highest BCUT2D eigenvalue weighted by atomic mass is 79.9. The summed E-state index contributed by atoms with van der Waals surface area (Å²) in [6.45, 7) is 0.